The van der Waals surface area contributed by atoms with Crippen molar-refractivity contribution >= 4 is 11.9 Å². The number of carboxylic acids is 1. The van der Waals surface area contributed by atoms with Crippen LogP contribution in [-0.4, -0.2) is 46.1 Å². The van der Waals surface area contributed by atoms with Crippen LogP contribution in [0.15, 0.2) is 35.3 Å². The minimum Gasteiger partial charge on any atom is -0.481 e. The zero-order chi connectivity index (χ0) is 39.6. The largest absolute Gasteiger partial charge is 0.481 e. The molecular weight excluding hydrogens is 712 g/mol. The van der Waals surface area contributed by atoms with Crippen LogP contribution in [0.5, 0.6) is 0 Å². The molecule has 1 saturated heterocycles. The molecule has 1 aliphatic heterocycles. The van der Waals surface area contributed by atoms with Gasteiger partial charge in [-0.15, -0.1) is 5.92 Å². The number of hydrogen-bond acceptors (Lipinski definition) is 4. The highest BCUT2D eigenvalue weighted by atomic mass is 19.4. The minimum absolute atomic E-state index is 0.0678. The molecule has 2 N–H and O–H groups in total. The highest BCUT2D eigenvalue weighted by Gasteiger charge is 2.39. The zero-order valence-corrected chi connectivity index (χ0v) is 31.0. The molecule has 0 bridgehead atoms. The van der Waals surface area contributed by atoms with Gasteiger partial charge in [0.2, 0.25) is 5.91 Å². The topological polar surface area (TPSA) is 91.6 Å². The molecule has 2 heterocycles. The number of carboxylic acid groups (broad SMARTS) is 1. The number of amides is 1. The van der Waals surface area contributed by atoms with Crippen LogP contribution in [0.4, 0.5) is 26.3 Å². The number of aromatic nitrogens is 1. The van der Waals surface area contributed by atoms with E-state index in [4.69, 9.17) is 0 Å². The maximum absolute atomic E-state index is 16.7. The van der Waals surface area contributed by atoms with Crippen molar-refractivity contribution in [1.29, 1.82) is 0 Å². The summed E-state index contributed by atoms with van der Waals surface area (Å²) < 4.78 is 91.3. The molecule has 1 saturated carbocycles. The lowest BCUT2D eigenvalue weighted by molar-refractivity contribution is -0.139. The first-order valence-electron chi connectivity index (χ1n) is 18.2. The number of halogens is 6. The van der Waals surface area contributed by atoms with E-state index in [1.165, 1.54) is 20.8 Å². The first-order chi connectivity index (χ1) is 25.4. The Kier molecular flexibility index (Phi) is 12.4. The molecule has 2 aliphatic rings. The lowest BCUT2D eigenvalue weighted by Crippen LogP contribution is -2.41. The van der Waals surface area contributed by atoms with E-state index >= 15 is 8.78 Å². The molecule has 5 rings (SSSR count). The van der Waals surface area contributed by atoms with Gasteiger partial charge in [0.1, 0.15) is 23.5 Å². The number of carbonyl (C=O) groups is 2. The van der Waals surface area contributed by atoms with Gasteiger partial charge >= 0.3 is 12.1 Å². The minimum atomic E-state index is -4.85. The number of benzene rings is 2. The third-order valence-electron chi connectivity index (χ3n) is 10.3. The Bertz CT molecular complexity index is 2010. The van der Waals surface area contributed by atoms with Gasteiger partial charge in [0.05, 0.1) is 23.6 Å². The molecule has 290 valence electrons. The number of hydrogen-bond donors (Lipinski definition) is 2. The maximum Gasteiger partial charge on any atom is 0.416 e. The van der Waals surface area contributed by atoms with Gasteiger partial charge in [0.25, 0.3) is 5.56 Å². The van der Waals surface area contributed by atoms with Gasteiger partial charge in [-0.05, 0) is 124 Å². The Labute approximate surface area is 310 Å². The molecule has 2 aromatic carbocycles. The van der Waals surface area contributed by atoms with Gasteiger partial charge in [0, 0.05) is 29.9 Å². The summed E-state index contributed by atoms with van der Waals surface area (Å²) in [5.74, 6) is -0.693. The van der Waals surface area contributed by atoms with Gasteiger partial charge in [-0.25, -0.2) is 13.2 Å². The monoisotopic (exact) mass is 757 g/mol. The third kappa shape index (κ3) is 9.20. The van der Waals surface area contributed by atoms with Crippen molar-refractivity contribution in [3.05, 3.63) is 91.6 Å². The standard InChI is InChI=1S/C41H45F6N3O4/c1-6-7-27-17-29(36-23(4)15-28(42)16-24(36)5)39(44)37(38(27)43)32(19-35(52)53)48-40(54)33(14-22(2)3)50-21-30(31(18-34(50)51)41(45,46)47)26-10-12-49(13-11-26)20-25-8-9-25/h15-18,21-22,25-26,32-33H,8-14,19-20H2,1-5H3,(H,48,54)(H,52,53)/t32-,33-/m0/s1. The number of aryl methyl sites for hydroxylation is 2. The highest BCUT2D eigenvalue weighted by molar-refractivity contribution is 5.82. The normalized spacial score (nSPS) is 16.5. The summed E-state index contributed by atoms with van der Waals surface area (Å²) in [6.45, 7) is 9.99. The predicted molar refractivity (Wildman–Crippen MR) is 192 cm³/mol. The molecule has 3 aromatic rings. The van der Waals surface area contributed by atoms with Crippen LogP contribution in [-0.2, 0) is 15.8 Å². The van der Waals surface area contributed by atoms with Crippen LogP contribution in [0.1, 0.15) is 111 Å². The van der Waals surface area contributed by atoms with E-state index in [2.05, 4.69) is 22.1 Å². The summed E-state index contributed by atoms with van der Waals surface area (Å²) in [6, 6.07) is 0.651. The van der Waals surface area contributed by atoms with E-state index < -0.39 is 76.6 Å². The van der Waals surface area contributed by atoms with Crippen molar-refractivity contribution in [2.24, 2.45) is 11.8 Å². The molecule has 0 unspecified atom stereocenters. The lowest BCUT2D eigenvalue weighted by atomic mass is 9.87. The van der Waals surface area contributed by atoms with E-state index in [0.29, 0.717) is 49.0 Å². The predicted octanol–water partition coefficient (Wildman–Crippen LogP) is 8.45. The number of piperidine rings is 1. The second-order valence-corrected chi connectivity index (χ2v) is 15.0. The Morgan fingerprint density at radius 2 is 1.61 bits per heavy atom. The van der Waals surface area contributed by atoms with E-state index in [1.54, 1.807) is 13.8 Å². The Morgan fingerprint density at radius 1 is 0.981 bits per heavy atom. The van der Waals surface area contributed by atoms with Crippen molar-refractivity contribution in [3.63, 3.8) is 0 Å². The van der Waals surface area contributed by atoms with Crippen molar-refractivity contribution < 1.29 is 41.0 Å². The number of pyridine rings is 1. The molecule has 2 fully saturated rings. The molecule has 1 aromatic heterocycles. The summed E-state index contributed by atoms with van der Waals surface area (Å²) in [5, 5.41) is 12.3. The fourth-order valence-corrected chi connectivity index (χ4v) is 7.64. The number of carbonyl (C=O) groups excluding carboxylic acids is 1. The summed E-state index contributed by atoms with van der Waals surface area (Å²) >= 11 is 0. The Balaban J connectivity index is 1.59. The average Bonchev–Trinajstić information content (AvgIpc) is 3.89. The highest BCUT2D eigenvalue weighted by Crippen LogP contribution is 2.41. The summed E-state index contributed by atoms with van der Waals surface area (Å²) in [7, 11) is 0. The SMILES string of the molecule is CC#Cc1cc(-c2c(C)cc(F)cc2C)c(F)c([C@H](CC(=O)O)NC(=O)[C@H](CC(C)C)n2cc(C3CCN(CC4CC4)CC3)c(C(F)(F)F)cc2=O)c1F. The fraction of sp³-hybridized carbons (Fsp3) is 0.488. The maximum atomic E-state index is 16.7. The molecule has 0 spiro atoms. The number of rotatable bonds is 12. The second-order valence-electron chi connectivity index (χ2n) is 15.0. The number of nitrogens with zero attached hydrogens (tertiary/aromatic N) is 2. The van der Waals surface area contributed by atoms with Crippen molar-refractivity contribution in [2.75, 3.05) is 19.6 Å². The Hall–Kier alpha value is -4.57. The number of aliphatic carboxylic acids is 1. The van der Waals surface area contributed by atoms with Gasteiger partial charge in [-0.3, -0.25) is 14.4 Å². The smallest absolute Gasteiger partial charge is 0.416 e. The van der Waals surface area contributed by atoms with Crippen LogP contribution in [0.25, 0.3) is 11.1 Å². The number of alkyl halides is 3. The summed E-state index contributed by atoms with van der Waals surface area (Å²) in [5.41, 5.74) is -2.78. The number of nitrogens with one attached hydrogen (secondary N) is 1. The second kappa shape index (κ2) is 16.4. The molecule has 7 nitrogen and oxygen atoms in total. The first-order valence-corrected chi connectivity index (χ1v) is 18.2. The molecule has 1 amide bonds. The molecule has 13 heteroatoms. The number of likely N-dealkylation sites (tertiary alicyclic amines) is 1. The Morgan fingerprint density at radius 3 is 2.15 bits per heavy atom. The molecule has 2 atom stereocenters. The molecule has 0 radical (unpaired) electrons. The van der Waals surface area contributed by atoms with Crippen LogP contribution in [0.3, 0.4) is 0 Å². The zero-order valence-electron chi connectivity index (χ0n) is 31.0. The van der Waals surface area contributed by atoms with Gasteiger partial charge in [-0.1, -0.05) is 19.8 Å². The van der Waals surface area contributed by atoms with Crippen molar-refractivity contribution in [3.8, 4) is 23.0 Å². The quantitative estimate of drug-likeness (QED) is 0.143. The van der Waals surface area contributed by atoms with E-state index in [0.717, 1.165) is 48.3 Å². The van der Waals surface area contributed by atoms with Gasteiger partial charge < -0.3 is 19.9 Å². The summed E-state index contributed by atoms with van der Waals surface area (Å²) in [6.07, 6.45) is -1.71. The average molecular weight is 758 g/mol. The van der Waals surface area contributed by atoms with Crippen molar-refractivity contribution in [2.45, 2.75) is 97.3 Å². The fourth-order valence-electron chi connectivity index (χ4n) is 7.64. The van der Waals surface area contributed by atoms with Gasteiger partial charge in [-0.2, -0.15) is 13.2 Å². The third-order valence-corrected chi connectivity index (χ3v) is 10.3. The summed E-state index contributed by atoms with van der Waals surface area (Å²) in [4.78, 5) is 42.2. The van der Waals surface area contributed by atoms with Crippen LogP contribution in [0, 0.1) is 55.0 Å². The van der Waals surface area contributed by atoms with Crippen LogP contribution < -0.4 is 10.9 Å². The van der Waals surface area contributed by atoms with E-state index in [-0.39, 0.29) is 34.6 Å². The molecular formula is C41H45F6N3O4. The van der Waals surface area contributed by atoms with E-state index in [9.17, 15) is 37.1 Å². The first kappa shape index (κ1) is 40.6. The van der Waals surface area contributed by atoms with E-state index in [1.807, 2.05) is 0 Å². The van der Waals surface area contributed by atoms with Crippen LogP contribution >= 0.6 is 0 Å². The van der Waals surface area contributed by atoms with Gasteiger partial charge in [0.15, 0.2) is 0 Å². The molecule has 54 heavy (non-hydrogen) atoms. The van der Waals surface area contributed by atoms with Crippen molar-refractivity contribution in [1.82, 2.24) is 14.8 Å². The lowest BCUT2D eigenvalue weighted by Gasteiger charge is -2.34. The molecule has 1 aliphatic carbocycles. The van der Waals surface area contributed by atoms with Crippen LogP contribution in [0.2, 0.25) is 0 Å².